The normalized spacial score (nSPS) is 21.5. The minimum Gasteiger partial charge on any atom is -0.297 e. The van der Waals surface area contributed by atoms with Crippen LogP contribution in [0.5, 0.6) is 0 Å². The maximum absolute atomic E-state index is 6.18. The van der Waals surface area contributed by atoms with Crippen LogP contribution < -0.4 is 0 Å². The van der Waals surface area contributed by atoms with Gasteiger partial charge in [0.25, 0.3) is 0 Å². The van der Waals surface area contributed by atoms with E-state index in [1.54, 1.807) is 0 Å². The number of aromatic nitrogens is 2. The van der Waals surface area contributed by atoms with Gasteiger partial charge in [0.2, 0.25) is 0 Å². The largest absolute Gasteiger partial charge is 0.297 e. The summed E-state index contributed by atoms with van der Waals surface area (Å²) in [5.74, 6) is 0.690. The Labute approximate surface area is 121 Å². The number of hydrogen-bond acceptors (Lipinski definition) is 2. The summed E-state index contributed by atoms with van der Waals surface area (Å²) in [5, 5.41) is 4.99. The molecule has 1 aromatic rings. The second-order valence-corrected chi connectivity index (χ2v) is 6.52. The molecule has 0 aliphatic carbocycles. The molecule has 0 spiro atoms. The molecule has 0 bridgehead atoms. The van der Waals surface area contributed by atoms with Gasteiger partial charge >= 0.3 is 0 Å². The number of rotatable bonds is 5. The van der Waals surface area contributed by atoms with Gasteiger partial charge < -0.3 is 0 Å². The van der Waals surface area contributed by atoms with Crippen molar-refractivity contribution >= 4 is 11.6 Å². The van der Waals surface area contributed by atoms with Gasteiger partial charge in [0.05, 0.1) is 5.69 Å². The fourth-order valence-electron chi connectivity index (χ4n) is 2.69. The molecule has 3 nitrogen and oxygen atoms in total. The minimum absolute atomic E-state index is 0.312. The molecule has 2 atom stereocenters. The van der Waals surface area contributed by atoms with Crippen LogP contribution in [0.4, 0.5) is 0 Å². The highest BCUT2D eigenvalue weighted by Crippen LogP contribution is 2.24. The van der Waals surface area contributed by atoms with Crippen LogP contribution >= 0.6 is 11.6 Å². The molecule has 2 unspecified atom stereocenters. The summed E-state index contributed by atoms with van der Waals surface area (Å²) < 4.78 is 2.09. The first kappa shape index (κ1) is 14.9. The van der Waals surface area contributed by atoms with E-state index < -0.39 is 0 Å². The zero-order chi connectivity index (χ0) is 13.8. The maximum Gasteiger partial charge on any atom is 0.0764 e. The average molecular weight is 284 g/mol. The lowest BCUT2D eigenvalue weighted by atomic mass is 9.94. The smallest absolute Gasteiger partial charge is 0.0764 e. The van der Waals surface area contributed by atoms with Crippen LogP contribution in [0.25, 0.3) is 0 Å². The second kappa shape index (κ2) is 6.76. The van der Waals surface area contributed by atoms with Gasteiger partial charge in [0, 0.05) is 24.2 Å². The molecule has 2 heterocycles. The summed E-state index contributed by atoms with van der Waals surface area (Å²) in [6.07, 6.45) is 5.67. The Balaban J connectivity index is 1.84. The average Bonchev–Trinajstić information content (AvgIpc) is 2.87. The van der Waals surface area contributed by atoms with Gasteiger partial charge in [-0.05, 0) is 58.2 Å². The fraction of sp³-hybridized carbons (Fsp3) is 0.800. The molecule has 19 heavy (non-hydrogen) atoms. The molecule has 1 aliphatic rings. The third-order valence-corrected chi connectivity index (χ3v) is 4.73. The molecule has 1 aromatic heterocycles. The SMILES string of the molecule is CCC(C)n1ccc(CN2CCC(C(C)Cl)CC2)n1. The van der Waals surface area contributed by atoms with E-state index in [4.69, 9.17) is 11.6 Å². The predicted molar refractivity (Wildman–Crippen MR) is 80.5 cm³/mol. The molecule has 1 aliphatic heterocycles. The summed E-state index contributed by atoms with van der Waals surface area (Å²) >= 11 is 6.18. The lowest BCUT2D eigenvalue weighted by Crippen LogP contribution is -2.35. The number of hydrogen-bond donors (Lipinski definition) is 0. The van der Waals surface area contributed by atoms with Gasteiger partial charge in [-0.15, -0.1) is 11.6 Å². The molecule has 0 saturated carbocycles. The maximum atomic E-state index is 6.18. The van der Waals surface area contributed by atoms with Crippen LogP contribution in [-0.4, -0.2) is 33.1 Å². The van der Waals surface area contributed by atoms with Crippen molar-refractivity contribution in [1.82, 2.24) is 14.7 Å². The highest BCUT2D eigenvalue weighted by Gasteiger charge is 2.23. The molecule has 1 fully saturated rings. The van der Waals surface area contributed by atoms with Crippen LogP contribution in [0.1, 0.15) is 51.8 Å². The molecule has 0 radical (unpaired) electrons. The van der Waals surface area contributed by atoms with Crippen molar-refractivity contribution in [2.45, 2.75) is 58.0 Å². The van der Waals surface area contributed by atoms with E-state index in [-0.39, 0.29) is 0 Å². The summed E-state index contributed by atoms with van der Waals surface area (Å²) in [7, 11) is 0. The van der Waals surface area contributed by atoms with Crippen molar-refractivity contribution in [3.63, 3.8) is 0 Å². The lowest BCUT2D eigenvalue weighted by molar-refractivity contribution is 0.174. The Bertz CT molecular complexity index is 380. The van der Waals surface area contributed by atoms with Crippen LogP contribution in [-0.2, 0) is 6.54 Å². The van der Waals surface area contributed by atoms with Gasteiger partial charge in [-0.25, -0.2) is 0 Å². The number of likely N-dealkylation sites (tertiary alicyclic amines) is 1. The highest BCUT2D eigenvalue weighted by atomic mass is 35.5. The lowest BCUT2D eigenvalue weighted by Gasteiger charge is -2.32. The Morgan fingerprint density at radius 1 is 1.37 bits per heavy atom. The van der Waals surface area contributed by atoms with E-state index in [1.807, 2.05) is 0 Å². The monoisotopic (exact) mass is 283 g/mol. The molecular formula is C15H26ClN3. The van der Waals surface area contributed by atoms with Gasteiger partial charge in [0.15, 0.2) is 0 Å². The highest BCUT2D eigenvalue weighted by molar-refractivity contribution is 6.20. The van der Waals surface area contributed by atoms with E-state index in [0.717, 1.165) is 26.1 Å². The number of nitrogens with zero attached hydrogens (tertiary/aromatic N) is 3. The van der Waals surface area contributed by atoms with E-state index in [1.165, 1.54) is 18.5 Å². The number of halogens is 1. The third kappa shape index (κ3) is 3.96. The van der Waals surface area contributed by atoms with Crippen molar-refractivity contribution < 1.29 is 0 Å². The van der Waals surface area contributed by atoms with Crippen molar-refractivity contribution in [3.05, 3.63) is 18.0 Å². The van der Waals surface area contributed by atoms with Gasteiger partial charge in [-0.1, -0.05) is 6.92 Å². The van der Waals surface area contributed by atoms with Crippen molar-refractivity contribution in [1.29, 1.82) is 0 Å². The molecule has 0 amide bonds. The molecule has 0 N–H and O–H groups in total. The first-order valence-corrected chi connectivity index (χ1v) is 7.94. The van der Waals surface area contributed by atoms with E-state index in [2.05, 4.69) is 47.7 Å². The van der Waals surface area contributed by atoms with Crippen LogP contribution in [0.15, 0.2) is 12.3 Å². The van der Waals surface area contributed by atoms with Gasteiger partial charge in [-0.2, -0.15) is 5.10 Å². The Kier molecular flexibility index (Phi) is 5.28. The van der Waals surface area contributed by atoms with Crippen molar-refractivity contribution in [2.24, 2.45) is 5.92 Å². The standard InChI is InChI=1S/C15H26ClN3/c1-4-12(2)19-10-7-15(17-19)11-18-8-5-14(6-9-18)13(3)16/h7,10,12-14H,4-6,8-9,11H2,1-3H3. The van der Waals surface area contributed by atoms with Crippen molar-refractivity contribution in [2.75, 3.05) is 13.1 Å². The fourth-order valence-corrected chi connectivity index (χ4v) is 2.95. The summed E-state index contributed by atoms with van der Waals surface area (Å²) in [4.78, 5) is 2.50. The Morgan fingerprint density at radius 3 is 2.63 bits per heavy atom. The first-order chi connectivity index (χ1) is 9.10. The first-order valence-electron chi connectivity index (χ1n) is 7.50. The minimum atomic E-state index is 0.312. The number of alkyl halides is 1. The third-order valence-electron chi connectivity index (χ3n) is 4.37. The van der Waals surface area contributed by atoms with Crippen LogP contribution in [0, 0.1) is 5.92 Å². The zero-order valence-corrected chi connectivity index (χ0v) is 13.1. The summed E-state index contributed by atoms with van der Waals surface area (Å²) in [5.41, 5.74) is 1.19. The Hall–Kier alpha value is -0.540. The predicted octanol–water partition coefficient (Wildman–Crippen LogP) is 3.69. The molecule has 4 heteroatoms. The molecule has 0 aromatic carbocycles. The van der Waals surface area contributed by atoms with Crippen LogP contribution in [0.3, 0.4) is 0 Å². The quantitative estimate of drug-likeness (QED) is 0.769. The van der Waals surface area contributed by atoms with Crippen LogP contribution in [0.2, 0.25) is 0 Å². The molecule has 2 rings (SSSR count). The Morgan fingerprint density at radius 2 is 2.05 bits per heavy atom. The van der Waals surface area contributed by atoms with Crippen molar-refractivity contribution in [3.8, 4) is 0 Å². The topological polar surface area (TPSA) is 21.1 Å². The zero-order valence-electron chi connectivity index (χ0n) is 12.3. The van der Waals surface area contributed by atoms with E-state index >= 15 is 0 Å². The van der Waals surface area contributed by atoms with E-state index in [0.29, 0.717) is 17.3 Å². The summed E-state index contributed by atoms with van der Waals surface area (Å²) in [6, 6.07) is 2.65. The second-order valence-electron chi connectivity index (χ2n) is 5.84. The molecule has 108 valence electrons. The van der Waals surface area contributed by atoms with Gasteiger partial charge in [-0.3, -0.25) is 9.58 Å². The molecule has 1 saturated heterocycles. The van der Waals surface area contributed by atoms with E-state index in [9.17, 15) is 0 Å². The summed E-state index contributed by atoms with van der Waals surface area (Å²) in [6.45, 7) is 9.81. The molecular weight excluding hydrogens is 258 g/mol. The van der Waals surface area contributed by atoms with Gasteiger partial charge in [0.1, 0.15) is 0 Å². The number of piperidine rings is 1.